The van der Waals surface area contributed by atoms with Crippen molar-refractivity contribution in [2.24, 2.45) is 5.41 Å². The normalized spacial score (nSPS) is 27.8. The Labute approximate surface area is 118 Å². The Morgan fingerprint density at radius 1 is 1.21 bits per heavy atom. The van der Waals surface area contributed by atoms with E-state index < -0.39 is 0 Å². The summed E-state index contributed by atoms with van der Waals surface area (Å²) >= 11 is 0. The molecular weight excluding hydrogens is 236 g/mol. The molecule has 0 aromatic rings. The molecule has 0 amide bonds. The minimum absolute atomic E-state index is 0.346. The summed E-state index contributed by atoms with van der Waals surface area (Å²) in [6, 6.07) is 0.428. The number of likely N-dealkylation sites (tertiary alicyclic amines) is 1. The maximum absolute atomic E-state index is 9.58. The molecule has 0 aromatic heterocycles. The van der Waals surface area contributed by atoms with E-state index in [4.69, 9.17) is 0 Å². The molecule has 2 fully saturated rings. The molecule has 1 aliphatic carbocycles. The highest BCUT2D eigenvalue weighted by molar-refractivity contribution is 4.91. The van der Waals surface area contributed by atoms with Gasteiger partial charge in [-0.25, -0.2) is 0 Å². The second kappa shape index (κ2) is 7.61. The van der Waals surface area contributed by atoms with Crippen LogP contribution in [0.5, 0.6) is 0 Å². The topological polar surface area (TPSA) is 35.5 Å². The second-order valence-corrected chi connectivity index (χ2v) is 6.69. The number of nitrogens with one attached hydrogen (secondary N) is 1. The lowest BCUT2D eigenvalue weighted by Gasteiger charge is -2.41. The molecule has 3 heteroatoms. The Balaban J connectivity index is 1.91. The van der Waals surface area contributed by atoms with Gasteiger partial charge in [0.1, 0.15) is 0 Å². The minimum Gasteiger partial charge on any atom is -0.395 e. The van der Waals surface area contributed by atoms with Crippen molar-refractivity contribution in [2.45, 2.75) is 64.3 Å². The van der Waals surface area contributed by atoms with E-state index in [1.54, 1.807) is 0 Å². The van der Waals surface area contributed by atoms with Gasteiger partial charge in [-0.3, -0.25) is 4.90 Å². The number of aliphatic hydroxyl groups is 1. The first-order chi connectivity index (χ1) is 9.29. The summed E-state index contributed by atoms with van der Waals surface area (Å²) in [6.45, 7) is 7.30. The van der Waals surface area contributed by atoms with Crippen LogP contribution < -0.4 is 5.32 Å². The molecule has 1 atom stereocenters. The largest absolute Gasteiger partial charge is 0.395 e. The highest BCUT2D eigenvalue weighted by atomic mass is 16.3. The van der Waals surface area contributed by atoms with E-state index in [0.717, 1.165) is 6.54 Å². The maximum atomic E-state index is 9.58. The van der Waals surface area contributed by atoms with Crippen LogP contribution in [0.4, 0.5) is 0 Å². The number of nitrogens with zero attached hydrogens (tertiary/aromatic N) is 1. The first-order valence-corrected chi connectivity index (χ1v) is 8.35. The van der Waals surface area contributed by atoms with Crippen LogP contribution in [0.25, 0.3) is 0 Å². The average Bonchev–Trinajstić information content (AvgIpc) is 2.88. The number of aliphatic hydroxyl groups excluding tert-OH is 1. The van der Waals surface area contributed by atoms with E-state index in [2.05, 4.69) is 17.1 Å². The van der Waals surface area contributed by atoms with Gasteiger partial charge in [0, 0.05) is 19.1 Å². The van der Waals surface area contributed by atoms with Gasteiger partial charge in [-0.2, -0.15) is 0 Å². The summed E-state index contributed by atoms with van der Waals surface area (Å²) in [5, 5.41) is 13.2. The predicted octanol–water partition coefficient (Wildman–Crippen LogP) is 2.39. The molecule has 19 heavy (non-hydrogen) atoms. The molecule has 3 nitrogen and oxygen atoms in total. The zero-order valence-electron chi connectivity index (χ0n) is 12.7. The molecule has 0 spiro atoms. The summed E-state index contributed by atoms with van der Waals surface area (Å²) in [5.41, 5.74) is 0.486. The Kier molecular flexibility index (Phi) is 6.11. The number of hydrogen-bond acceptors (Lipinski definition) is 3. The third-order valence-corrected chi connectivity index (χ3v) is 5.09. The van der Waals surface area contributed by atoms with Crippen LogP contribution in [0.15, 0.2) is 0 Å². The van der Waals surface area contributed by atoms with E-state index in [0.29, 0.717) is 18.1 Å². The Morgan fingerprint density at radius 2 is 2.00 bits per heavy atom. The second-order valence-electron chi connectivity index (χ2n) is 6.69. The van der Waals surface area contributed by atoms with Crippen molar-refractivity contribution in [2.75, 3.05) is 32.8 Å². The minimum atomic E-state index is 0.346. The van der Waals surface area contributed by atoms with Crippen molar-refractivity contribution < 1.29 is 5.11 Å². The van der Waals surface area contributed by atoms with Gasteiger partial charge in [0.05, 0.1) is 6.61 Å². The van der Waals surface area contributed by atoms with Crippen molar-refractivity contribution in [3.05, 3.63) is 0 Å². The monoisotopic (exact) mass is 268 g/mol. The molecule has 2 rings (SSSR count). The lowest BCUT2D eigenvalue weighted by atomic mass is 9.84. The van der Waals surface area contributed by atoms with Crippen molar-refractivity contribution in [1.82, 2.24) is 10.2 Å². The summed E-state index contributed by atoms with van der Waals surface area (Å²) in [4.78, 5) is 2.59. The smallest absolute Gasteiger partial charge is 0.0586 e. The summed E-state index contributed by atoms with van der Waals surface area (Å²) in [7, 11) is 0. The number of hydrogen-bond donors (Lipinski definition) is 2. The first kappa shape index (κ1) is 15.3. The van der Waals surface area contributed by atoms with Crippen molar-refractivity contribution in [3.63, 3.8) is 0 Å². The Morgan fingerprint density at radius 3 is 2.68 bits per heavy atom. The molecule has 2 N–H and O–H groups in total. The third kappa shape index (κ3) is 4.17. The van der Waals surface area contributed by atoms with E-state index in [-0.39, 0.29) is 0 Å². The van der Waals surface area contributed by atoms with Crippen molar-refractivity contribution in [1.29, 1.82) is 0 Å². The Hall–Kier alpha value is -0.120. The molecule has 2 aliphatic rings. The van der Waals surface area contributed by atoms with E-state index >= 15 is 0 Å². The van der Waals surface area contributed by atoms with Gasteiger partial charge in [0.25, 0.3) is 0 Å². The molecule has 1 saturated carbocycles. The first-order valence-electron chi connectivity index (χ1n) is 8.35. The molecule has 1 unspecified atom stereocenters. The SMILES string of the molecule is CCCNCC1(CN2CCCCC2CO)CCCC1. The lowest BCUT2D eigenvalue weighted by Crippen LogP contribution is -2.49. The van der Waals surface area contributed by atoms with Crippen LogP contribution in [0.2, 0.25) is 0 Å². The maximum Gasteiger partial charge on any atom is 0.0586 e. The van der Waals surface area contributed by atoms with Crippen LogP contribution in [0.3, 0.4) is 0 Å². The molecule has 112 valence electrons. The number of piperidine rings is 1. The van der Waals surface area contributed by atoms with Crippen molar-refractivity contribution >= 4 is 0 Å². The van der Waals surface area contributed by atoms with Gasteiger partial charge < -0.3 is 10.4 Å². The Bertz CT molecular complexity index is 251. The summed E-state index contributed by atoms with van der Waals surface area (Å²) in [5.74, 6) is 0. The zero-order chi connectivity index (χ0) is 13.6. The van der Waals surface area contributed by atoms with Gasteiger partial charge in [0.2, 0.25) is 0 Å². The van der Waals surface area contributed by atoms with E-state index in [1.165, 1.54) is 71.0 Å². The van der Waals surface area contributed by atoms with Crippen molar-refractivity contribution in [3.8, 4) is 0 Å². The highest BCUT2D eigenvalue weighted by Gasteiger charge is 2.37. The van der Waals surface area contributed by atoms with Gasteiger partial charge in [0.15, 0.2) is 0 Å². The standard InChI is InChI=1S/C16H32N2O/c1-2-10-17-13-16(8-4-5-9-16)14-18-11-6-3-7-15(18)12-19/h15,17,19H,2-14H2,1H3. The molecule has 1 heterocycles. The summed E-state index contributed by atoms with van der Waals surface area (Å²) in [6.07, 6.45) is 10.6. The number of rotatable bonds is 7. The van der Waals surface area contributed by atoms with Gasteiger partial charge >= 0.3 is 0 Å². The molecule has 0 radical (unpaired) electrons. The van der Waals surface area contributed by atoms with Crippen LogP contribution in [0, 0.1) is 5.41 Å². The molecular formula is C16H32N2O. The molecule has 0 bridgehead atoms. The van der Waals surface area contributed by atoms with Gasteiger partial charge in [-0.1, -0.05) is 26.2 Å². The lowest BCUT2D eigenvalue weighted by molar-refractivity contribution is 0.0485. The average molecular weight is 268 g/mol. The fourth-order valence-corrected chi connectivity index (χ4v) is 3.95. The van der Waals surface area contributed by atoms with Gasteiger partial charge in [-0.15, -0.1) is 0 Å². The fourth-order valence-electron chi connectivity index (χ4n) is 3.95. The van der Waals surface area contributed by atoms with E-state index in [9.17, 15) is 5.11 Å². The molecule has 1 saturated heterocycles. The fraction of sp³-hybridized carbons (Fsp3) is 1.00. The van der Waals surface area contributed by atoms with E-state index in [1.807, 2.05) is 0 Å². The molecule has 1 aliphatic heterocycles. The highest BCUT2D eigenvalue weighted by Crippen LogP contribution is 2.39. The zero-order valence-corrected chi connectivity index (χ0v) is 12.7. The van der Waals surface area contributed by atoms with Crippen LogP contribution >= 0.6 is 0 Å². The van der Waals surface area contributed by atoms with Crippen LogP contribution in [-0.4, -0.2) is 48.8 Å². The predicted molar refractivity (Wildman–Crippen MR) is 80.4 cm³/mol. The van der Waals surface area contributed by atoms with Gasteiger partial charge in [-0.05, 0) is 50.6 Å². The van der Waals surface area contributed by atoms with Crippen LogP contribution in [-0.2, 0) is 0 Å². The quantitative estimate of drug-likeness (QED) is 0.696. The van der Waals surface area contributed by atoms with Crippen LogP contribution in [0.1, 0.15) is 58.3 Å². The summed E-state index contributed by atoms with van der Waals surface area (Å²) < 4.78 is 0. The third-order valence-electron chi connectivity index (χ3n) is 5.09. The molecule has 0 aromatic carbocycles.